The normalized spacial score (nSPS) is 40.7. The molecule has 4 rings (SSSR count). The van der Waals surface area contributed by atoms with Crippen molar-refractivity contribution in [2.45, 2.75) is 57.9 Å². The van der Waals surface area contributed by atoms with Crippen LogP contribution in [0.3, 0.4) is 0 Å². The lowest BCUT2D eigenvalue weighted by Crippen LogP contribution is -2.52. The number of hydrogen-bond acceptors (Lipinski definition) is 1. The van der Waals surface area contributed by atoms with E-state index in [9.17, 15) is 4.79 Å². The molecule has 1 N–H and O–H groups in total. The Morgan fingerprint density at radius 2 is 1.79 bits per heavy atom. The van der Waals surface area contributed by atoms with Crippen molar-refractivity contribution in [3.8, 4) is 12.3 Å². The van der Waals surface area contributed by atoms with Crippen LogP contribution in [0.25, 0.3) is 0 Å². The van der Waals surface area contributed by atoms with Gasteiger partial charge in [-0.05, 0) is 62.2 Å². The third-order valence-corrected chi connectivity index (χ3v) is 5.73. The number of carbonyl (C=O) groups excluding carboxylic acids is 1. The average molecular weight is 259 g/mol. The number of amides is 1. The van der Waals surface area contributed by atoms with E-state index in [1.165, 1.54) is 32.1 Å². The highest BCUT2D eigenvalue weighted by atomic mass is 16.2. The summed E-state index contributed by atoms with van der Waals surface area (Å²) in [5.74, 6) is 6.46. The van der Waals surface area contributed by atoms with Gasteiger partial charge in [-0.15, -0.1) is 12.3 Å². The summed E-state index contributed by atoms with van der Waals surface area (Å²) < 4.78 is 0. The first-order valence-corrected chi connectivity index (χ1v) is 7.95. The molecule has 0 heterocycles. The average Bonchev–Trinajstić information content (AvgIpc) is 2.36. The van der Waals surface area contributed by atoms with Crippen molar-refractivity contribution in [2.24, 2.45) is 29.6 Å². The highest BCUT2D eigenvalue weighted by Gasteiger charge is 2.50. The molecular weight excluding hydrogens is 234 g/mol. The van der Waals surface area contributed by atoms with Gasteiger partial charge in [0, 0.05) is 18.4 Å². The van der Waals surface area contributed by atoms with Crippen LogP contribution < -0.4 is 5.32 Å². The SMILES string of the molecule is C#CCC(CC)NC(=O)C1C2CC3CC(C2)CC1C3. The molecule has 0 saturated heterocycles. The molecule has 0 radical (unpaired) electrons. The highest BCUT2D eigenvalue weighted by Crippen LogP contribution is 2.56. The van der Waals surface area contributed by atoms with Crippen LogP contribution >= 0.6 is 0 Å². The van der Waals surface area contributed by atoms with E-state index >= 15 is 0 Å². The Hall–Kier alpha value is -0.970. The van der Waals surface area contributed by atoms with Crippen molar-refractivity contribution >= 4 is 5.91 Å². The topological polar surface area (TPSA) is 29.1 Å². The molecule has 4 fully saturated rings. The number of carbonyl (C=O) groups is 1. The van der Waals surface area contributed by atoms with E-state index in [1.54, 1.807) is 0 Å². The molecule has 0 spiro atoms. The van der Waals surface area contributed by atoms with Crippen LogP contribution in [0.4, 0.5) is 0 Å². The maximum atomic E-state index is 12.6. The van der Waals surface area contributed by atoms with Crippen LogP contribution in [-0.2, 0) is 4.79 Å². The van der Waals surface area contributed by atoms with Gasteiger partial charge in [-0.1, -0.05) is 6.92 Å². The first kappa shape index (κ1) is 13.0. The lowest BCUT2D eigenvalue weighted by molar-refractivity contribution is -0.138. The molecule has 4 saturated carbocycles. The zero-order valence-corrected chi connectivity index (χ0v) is 11.9. The molecule has 0 aromatic carbocycles. The Kier molecular flexibility index (Phi) is 3.56. The minimum absolute atomic E-state index is 0.176. The summed E-state index contributed by atoms with van der Waals surface area (Å²) in [6, 6.07) is 0.176. The van der Waals surface area contributed by atoms with Crippen molar-refractivity contribution in [3.05, 3.63) is 0 Å². The Morgan fingerprint density at radius 1 is 1.21 bits per heavy atom. The van der Waals surface area contributed by atoms with Gasteiger partial charge >= 0.3 is 0 Å². The molecule has 2 heteroatoms. The third-order valence-electron chi connectivity index (χ3n) is 5.73. The van der Waals surface area contributed by atoms with Crippen LogP contribution in [0.2, 0.25) is 0 Å². The summed E-state index contributed by atoms with van der Waals surface area (Å²) in [6.45, 7) is 2.10. The van der Waals surface area contributed by atoms with Crippen molar-refractivity contribution in [3.63, 3.8) is 0 Å². The molecule has 4 bridgehead atoms. The summed E-state index contributed by atoms with van der Waals surface area (Å²) in [7, 11) is 0. The van der Waals surface area contributed by atoms with Crippen LogP contribution in [-0.4, -0.2) is 11.9 Å². The fraction of sp³-hybridized carbons (Fsp3) is 0.824. The molecule has 4 aliphatic carbocycles. The molecule has 0 aromatic heterocycles. The van der Waals surface area contributed by atoms with Crippen LogP contribution in [0.15, 0.2) is 0 Å². The fourth-order valence-corrected chi connectivity index (χ4v) is 5.09. The molecule has 1 unspecified atom stereocenters. The van der Waals surface area contributed by atoms with Gasteiger partial charge in [0.15, 0.2) is 0 Å². The standard InChI is InChI=1S/C17H25NO/c1-3-5-15(4-2)18-17(19)16-13-7-11-6-12(9-13)10-14(16)8-11/h1,11-16H,4-10H2,2H3,(H,18,19). The van der Waals surface area contributed by atoms with Crippen LogP contribution in [0.1, 0.15) is 51.9 Å². The highest BCUT2D eigenvalue weighted by molar-refractivity contribution is 5.80. The third kappa shape index (κ3) is 2.40. The summed E-state index contributed by atoms with van der Waals surface area (Å²) in [4.78, 5) is 12.6. The monoisotopic (exact) mass is 259 g/mol. The summed E-state index contributed by atoms with van der Waals surface area (Å²) in [5.41, 5.74) is 0. The molecule has 2 nitrogen and oxygen atoms in total. The molecule has 1 atom stereocenters. The van der Waals surface area contributed by atoms with E-state index in [0.717, 1.165) is 18.3 Å². The summed E-state index contributed by atoms with van der Waals surface area (Å²) >= 11 is 0. The van der Waals surface area contributed by atoms with Gasteiger partial charge in [0.2, 0.25) is 5.91 Å². The van der Waals surface area contributed by atoms with E-state index in [4.69, 9.17) is 6.42 Å². The number of hydrogen-bond donors (Lipinski definition) is 1. The molecule has 1 amide bonds. The van der Waals surface area contributed by atoms with Crippen LogP contribution in [0, 0.1) is 41.9 Å². The Morgan fingerprint density at radius 3 is 2.26 bits per heavy atom. The zero-order chi connectivity index (χ0) is 13.4. The predicted octanol–water partition coefficient (Wildman–Crippen LogP) is 2.98. The van der Waals surface area contributed by atoms with Gasteiger partial charge < -0.3 is 5.32 Å². The summed E-state index contributed by atoms with van der Waals surface area (Å²) in [5, 5.41) is 3.21. The summed E-state index contributed by atoms with van der Waals surface area (Å²) in [6.07, 6.45) is 13.6. The lowest BCUT2D eigenvalue weighted by atomic mass is 9.51. The van der Waals surface area contributed by atoms with E-state index in [1.807, 2.05) is 0 Å². The first-order valence-electron chi connectivity index (χ1n) is 7.95. The quantitative estimate of drug-likeness (QED) is 0.773. The van der Waals surface area contributed by atoms with Gasteiger partial charge in [0.1, 0.15) is 0 Å². The van der Waals surface area contributed by atoms with E-state index in [2.05, 4.69) is 18.2 Å². The largest absolute Gasteiger partial charge is 0.352 e. The second-order valence-corrected chi connectivity index (χ2v) is 6.98. The van der Waals surface area contributed by atoms with E-state index in [0.29, 0.717) is 30.1 Å². The second kappa shape index (κ2) is 5.19. The zero-order valence-electron chi connectivity index (χ0n) is 11.9. The minimum Gasteiger partial charge on any atom is -0.352 e. The van der Waals surface area contributed by atoms with Gasteiger partial charge in [-0.3, -0.25) is 4.79 Å². The molecule has 0 aliphatic heterocycles. The van der Waals surface area contributed by atoms with Crippen molar-refractivity contribution < 1.29 is 4.79 Å². The Bertz CT molecular complexity index is 367. The maximum Gasteiger partial charge on any atom is 0.223 e. The number of rotatable bonds is 4. The lowest BCUT2D eigenvalue weighted by Gasteiger charge is -2.53. The molecule has 4 aliphatic rings. The molecular formula is C17H25NO. The number of terminal acetylenes is 1. The van der Waals surface area contributed by atoms with Crippen LogP contribution in [0.5, 0.6) is 0 Å². The van der Waals surface area contributed by atoms with Gasteiger partial charge in [0.25, 0.3) is 0 Å². The van der Waals surface area contributed by atoms with Gasteiger partial charge in [-0.25, -0.2) is 0 Å². The van der Waals surface area contributed by atoms with Crippen molar-refractivity contribution in [2.75, 3.05) is 0 Å². The predicted molar refractivity (Wildman–Crippen MR) is 76.2 cm³/mol. The Labute approximate surface area is 116 Å². The maximum absolute atomic E-state index is 12.6. The molecule has 0 aromatic rings. The van der Waals surface area contributed by atoms with Gasteiger partial charge in [-0.2, -0.15) is 0 Å². The van der Waals surface area contributed by atoms with E-state index in [-0.39, 0.29) is 6.04 Å². The fourth-order valence-electron chi connectivity index (χ4n) is 5.09. The smallest absolute Gasteiger partial charge is 0.223 e. The second-order valence-electron chi connectivity index (χ2n) is 6.98. The molecule has 104 valence electrons. The van der Waals surface area contributed by atoms with E-state index < -0.39 is 0 Å². The molecule has 19 heavy (non-hydrogen) atoms. The first-order chi connectivity index (χ1) is 9.21. The van der Waals surface area contributed by atoms with Crippen molar-refractivity contribution in [1.82, 2.24) is 5.32 Å². The van der Waals surface area contributed by atoms with Crippen molar-refractivity contribution in [1.29, 1.82) is 0 Å². The number of nitrogens with one attached hydrogen (secondary N) is 1. The Balaban J connectivity index is 1.65. The minimum atomic E-state index is 0.176. The van der Waals surface area contributed by atoms with Gasteiger partial charge in [0.05, 0.1) is 0 Å².